The number of hydrogen-bond donors (Lipinski definition) is 2. The van der Waals surface area contributed by atoms with Gasteiger partial charge in [0.15, 0.2) is 27.3 Å². The Morgan fingerprint density at radius 1 is 1.17 bits per heavy atom. The molecule has 2 aliphatic carbocycles. The third-order valence-electron chi connectivity index (χ3n) is 6.94. The lowest BCUT2D eigenvalue weighted by Gasteiger charge is -2.41. The molecule has 0 heterocycles. The molecule has 2 bridgehead atoms. The van der Waals surface area contributed by atoms with Gasteiger partial charge in [0.1, 0.15) is 0 Å². The summed E-state index contributed by atoms with van der Waals surface area (Å²) in [6.07, 6.45) is 1.46. The van der Waals surface area contributed by atoms with Crippen LogP contribution in [0, 0.1) is 29.3 Å². The Morgan fingerprint density at radius 2 is 1.77 bits per heavy atom. The molecular weight excluding hydrogens is 509 g/mol. The molecule has 2 atom stereocenters. The van der Waals surface area contributed by atoms with E-state index in [1.165, 1.54) is 12.1 Å². The SMILES string of the molecule is [N-]=[N+]=NC[C@]1(O)C2CCC1C[C@H](S(=O)(=O)c1cc(C(=O)Nc3cc(F)c(F)c(F)c3)ccc1Cl)C2. The summed E-state index contributed by atoms with van der Waals surface area (Å²) in [6, 6.07) is 4.74. The van der Waals surface area contributed by atoms with Crippen molar-refractivity contribution in [2.24, 2.45) is 17.0 Å². The number of halogens is 4. The van der Waals surface area contributed by atoms with Crippen LogP contribution >= 0.6 is 11.6 Å². The summed E-state index contributed by atoms with van der Waals surface area (Å²) in [6.45, 7) is -0.132. The van der Waals surface area contributed by atoms with Gasteiger partial charge in [-0.25, -0.2) is 21.6 Å². The van der Waals surface area contributed by atoms with Gasteiger partial charge in [-0.1, -0.05) is 16.7 Å². The maximum atomic E-state index is 13.5. The molecule has 2 aliphatic rings. The second kappa shape index (κ2) is 9.34. The van der Waals surface area contributed by atoms with E-state index in [1.807, 2.05) is 0 Å². The molecule has 0 saturated heterocycles. The van der Waals surface area contributed by atoms with Crippen molar-refractivity contribution in [1.29, 1.82) is 0 Å². The molecule has 2 aromatic rings. The van der Waals surface area contributed by atoms with E-state index in [4.69, 9.17) is 17.1 Å². The van der Waals surface area contributed by atoms with Crippen LogP contribution in [-0.4, -0.2) is 36.8 Å². The lowest BCUT2D eigenvalue weighted by molar-refractivity contribution is -0.0496. The number of hydrogen-bond acceptors (Lipinski definition) is 5. The van der Waals surface area contributed by atoms with Crippen molar-refractivity contribution < 1.29 is 31.5 Å². The highest BCUT2D eigenvalue weighted by Gasteiger charge is 2.55. The molecule has 2 saturated carbocycles. The molecule has 8 nitrogen and oxygen atoms in total. The first-order valence-electron chi connectivity index (χ1n) is 10.7. The van der Waals surface area contributed by atoms with Crippen molar-refractivity contribution in [3.8, 4) is 0 Å². The standard InChI is InChI=1S/C22H20ClF3N4O4S/c23-16-4-1-11(21(31)29-14-8-17(24)20(26)18(25)9-14)5-19(16)35(33,34)15-6-12-2-3-13(7-15)22(12,32)10-28-30-27/h1,4-5,8-9,12-13,15,32H,2-3,6-7,10H2,(H,29,31)/t12?,13?,15-,22+. The van der Waals surface area contributed by atoms with Gasteiger partial charge in [0.05, 0.1) is 27.3 Å². The van der Waals surface area contributed by atoms with Gasteiger partial charge < -0.3 is 10.4 Å². The molecule has 2 aromatic carbocycles. The van der Waals surface area contributed by atoms with E-state index >= 15 is 0 Å². The number of sulfone groups is 1. The molecule has 4 rings (SSSR count). The Labute approximate surface area is 203 Å². The third-order valence-corrected chi connectivity index (χ3v) is 9.60. The summed E-state index contributed by atoms with van der Waals surface area (Å²) < 4.78 is 67.1. The molecule has 2 N–H and O–H groups in total. The summed E-state index contributed by atoms with van der Waals surface area (Å²) in [5.74, 6) is -6.30. The molecule has 13 heteroatoms. The van der Waals surface area contributed by atoms with Crippen LogP contribution < -0.4 is 5.32 Å². The van der Waals surface area contributed by atoms with E-state index in [2.05, 4.69) is 15.3 Å². The zero-order valence-corrected chi connectivity index (χ0v) is 19.7. The van der Waals surface area contributed by atoms with Crippen molar-refractivity contribution in [3.63, 3.8) is 0 Å². The van der Waals surface area contributed by atoms with Crippen molar-refractivity contribution in [1.82, 2.24) is 0 Å². The Hall–Kier alpha value is -2.79. The molecule has 0 radical (unpaired) electrons. The molecule has 0 spiro atoms. The number of rotatable bonds is 6. The number of amides is 1. The number of anilines is 1. The molecule has 0 aromatic heterocycles. The van der Waals surface area contributed by atoms with E-state index in [1.54, 1.807) is 0 Å². The summed E-state index contributed by atoms with van der Waals surface area (Å²) in [5, 5.41) is 15.7. The normalized spacial score (nSPS) is 25.7. The highest BCUT2D eigenvalue weighted by molar-refractivity contribution is 7.92. The zero-order valence-electron chi connectivity index (χ0n) is 18.1. The third kappa shape index (κ3) is 4.58. The number of nitrogens with one attached hydrogen (secondary N) is 1. The fourth-order valence-corrected chi connectivity index (χ4v) is 7.54. The first kappa shape index (κ1) is 25.3. The molecule has 2 unspecified atom stereocenters. The fraction of sp³-hybridized carbons (Fsp3) is 0.409. The summed E-state index contributed by atoms with van der Waals surface area (Å²) >= 11 is 6.18. The minimum atomic E-state index is -4.03. The van der Waals surface area contributed by atoms with Gasteiger partial charge in [-0.15, -0.1) is 0 Å². The lowest BCUT2D eigenvalue weighted by Crippen LogP contribution is -2.50. The van der Waals surface area contributed by atoms with Crippen LogP contribution in [0.2, 0.25) is 5.02 Å². The number of benzene rings is 2. The number of fused-ring (bicyclic) bond motifs is 2. The molecule has 186 valence electrons. The van der Waals surface area contributed by atoms with Crippen LogP contribution in [0.5, 0.6) is 0 Å². The van der Waals surface area contributed by atoms with Crippen molar-refractivity contribution in [2.45, 2.75) is 41.4 Å². The highest BCUT2D eigenvalue weighted by atomic mass is 35.5. The topological polar surface area (TPSA) is 132 Å². The Bertz CT molecular complexity index is 1310. The Morgan fingerprint density at radius 3 is 2.34 bits per heavy atom. The summed E-state index contributed by atoms with van der Waals surface area (Å²) in [4.78, 5) is 15.0. The smallest absolute Gasteiger partial charge is 0.255 e. The zero-order chi connectivity index (χ0) is 25.5. The number of azide groups is 1. The van der Waals surface area contributed by atoms with Gasteiger partial charge in [-0.05, 0) is 61.2 Å². The van der Waals surface area contributed by atoms with Gasteiger partial charge in [0, 0.05) is 28.3 Å². The summed E-state index contributed by atoms with van der Waals surface area (Å²) in [7, 11) is -4.03. The Kier molecular flexibility index (Phi) is 6.76. The fourth-order valence-electron chi connectivity index (χ4n) is 5.14. The quantitative estimate of drug-likeness (QED) is 0.236. The van der Waals surface area contributed by atoms with Gasteiger partial charge in [0.2, 0.25) is 0 Å². The van der Waals surface area contributed by atoms with Gasteiger partial charge in [-0.2, -0.15) is 0 Å². The van der Waals surface area contributed by atoms with E-state index in [0.29, 0.717) is 25.0 Å². The minimum absolute atomic E-state index is 0.109. The number of carbonyl (C=O) groups excluding carboxylic acids is 1. The first-order valence-corrected chi connectivity index (χ1v) is 12.6. The van der Waals surface area contributed by atoms with Crippen LogP contribution in [0.1, 0.15) is 36.0 Å². The van der Waals surface area contributed by atoms with Gasteiger partial charge in [0.25, 0.3) is 5.91 Å². The molecular formula is C22H20ClF3N4O4S. The van der Waals surface area contributed by atoms with E-state index in [0.717, 1.165) is 6.07 Å². The predicted octanol–water partition coefficient (Wildman–Crippen LogP) is 5.01. The molecule has 0 aliphatic heterocycles. The minimum Gasteiger partial charge on any atom is -0.389 e. The first-order chi connectivity index (χ1) is 16.5. The second-order valence-corrected chi connectivity index (χ2v) is 11.4. The number of carbonyl (C=O) groups is 1. The van der Waals surface area contributed by atoms with E-state index in [9.17, 15) is 31.5 Å². The van der Waals surface area contributed by atoms with Crippen molar-refractivity contribution >= 4 is 33.0 Å². The maximum absolute atomic E-state index is 13.5. The average molecular weight is 529 g/mol. The van der Waals surface area contributed by atoms with Crippen LogP contribution in [0.15, 0.2) is 40.3 Å². The van der Waals surface area contributed by atoms with E-state index < -0.39 is 44.0 Å². The van der Waals surface area contributed by atoms with Crippen molar-refractivity contribution in [2.75, 3.05) is 11.9 Å². The van der Waals surface area contributed by atoms with Crippen LogP contribution in [0.25, 0.3) is 10.4 Å². The van der Waals surface area contributed by atoms with Crippen LogP contribution in [0.3, 0.4) is 0 Å². The molecule has 35 heavy (non-hydrogen) atoms. The highest BCUT2D eigenvalue weighted by Crippen LogP contribution is 2.52. The van der Waals surface area contributed by atoms with Gasteiger partial charge >= 0.3 is 0 Å². The van der Waals surface area contributed by atoms with E-state index in [-0.39, 0.29) is 52.4 Å². The monoisotopic (exact) mass is 528 g/mol. The molecule has 1 amide bonds. The molecule has 2 fully saturated rings. The number of nitrogens with zero attached hydrogens (tertiary/aromatic N) is 3. The van der Waals surface area contributed by atoms with Gasteiger partial charge in [-0.3, -0.25) is 4.79 Å². The van der Waals surface area contributed by atoms with Crippen LogP contribution in [0.4, 0.5) is 18.9 Å². The average Bonchev–Trinajstić information content (AvgIpc) is 2.97. The Balaban J connectivity index is 1.59. The van der Waals surface area contributed by atoms with Crippen molar-refractivity contribution in [3.05, 3.63) is 68.8 Å². The largest absolute Gasteiger partial charge is 0.389 e. The maximum Gasteiger partial charge on any atom is 0.255 e. The number of aliphatic hydroxyl groups is 1. The summed E-state index contributed by atoms with van der Waals surface area (Å²) in [5.41, 5.74) is 6.86. The van der Waals surface area contributed by atoms with Crippen LogP contribution in [-0.2, 0) is 9.84 Å². The lowest BCUT2D eigenvalue weighted by atomic mass is 9.74. The second-order valence-electron chi connectivity index (χ2n) is 8.84. The predicted molar refractivity (Wildman–Crippen MR) is 121 cm³/mol.